The van der Waals surface area contributed by atoms with Crippen molar-refractivity contribution in [3.8, 4) is 0 Å². The van der Waals surface area contributed by atoms with Gasteiger partial charge in [-0.15, -0.1) is 0 Å². The Morgan fingerprint density at radius 3 is 2.71 bits per heavy atom. The molecule has 1 aromatic carbocycles. The average molecular weight is 241 g/mol. The maximum absolute atomic E-state index is 12.9. The van der Waals surface area contributed by atoms with Crippen LogP contribution < -0.4 is 5.73 Å². The predicted octanol–water partition coefficient (Wildman–Crippen LogP) is 1.05. The Kier molecular flexibility index (Phi) is 3.49. The van der Waals surface area contributed by atoms with E-state index < -0.39 is 11.6 Å². The monoisotopic (exact) mass is 241 g/mol. The van der Waals surface area contributed by atoms with Gasteiger partial charge in [-0.2, -0.15) is 0 Å². The Labute approximate surface area is 97.6 Å². The molecule has 1 aliphatic rings. The summed E-state index contributed by atoms with van der Waals surface area (Å²) in [5, 5.41) is 0. The number of carbonyl (C=O) groups excluding carboxylic acids is 1. The number of halogens is 2. The number of nitrogens with two attached hydrogens (primary N) is 1. The Balaban J connectivity index is 2.05. The normalized spacial score (nSPS) is 23.9. The molecule has 3 nitrogen and oxygen atoms in total. The molecule has 0 aromatic heterocycles. The third kappa shape index (κ3) is 2.68. The number of benzene rings is 1. The molecule has 0 spiro atoms. The van der Waals surface area contributed by atoms with Crippen molar-refractivity contribution in [2.45, 2.75) is 12.5 Å². The highest BCUT2D eigenvalue weighted by molar-refractivity contribution is 5.84. The number of rotatable bonds is 3. The van der Waals surface area contributed by atoms with E-state index in [9.17, 15) is 13.6 Å². The van der Waals surface area contributed by atoms with Gasteiger partial charge in [-0.3, -0.25) is 4.79 Å². The predicted molar refractivity (Wildman–Crippen MR) is 57.4 cm³/mol. The molecule has 1 aliphatic heterocycles. The lowest BCUT2D eigenvalue weighted by Crippen LogP contribution is -2.34. The van der Waals surface area contributed by atoms with Gasteiger partial charge in [0.25, 0.3) is 0 Å². The summed E-state index contributed by atoms with van der Waals surface area (Å²) in [6.45, 7) is 0.678. The average Bonchev–Trinajstić information content (AvgIpc) is 2.70. The zero-order valence-corrected chi connectivity index (χ0v) is 9.16. The Morgan fingerprint density at radius 2 is 2.12 bits per heavy atom. The van der Waals surface area contributed by atoms with E-state index in [1.54, 1.807) is 0 Å². The van der Waals surface area contributed by atoms with Gasteiger partial charge in [0.2, 0.25) is 0 Å². The first-order valence-electron chi connectivity index (χ1n) is 5.38. The number of hydrogen-bond donors (Lipinski definition) is 1. The van der Waals surface area contributed by atoms with Crippen LogP contribution in [-0.4, -0.2) is 25.0 Å². The molecule has 0 radical (unpaired) electrons. The van der Waals surface area contributed by atoms with Crippen molar-refractivity contribution in [3.05, 3.63) is 35.4 Å². The molecular weight excluding hydrogens is 228 g/mol. The van der Waals surface area contributed by atoms with Crippen molar-refractivity contribution in [1.82, 2.24) is 0 Å². The number of hydrogen-bond acceptors (Lipinski definition) is 3. The summed E-state index contributed by atoms with van der Waals surface area (Å²) in [4.78, 5) is 11.8. The summed E-state index contributed by atoms with van der Waals surface area (Å²) in [6, 6.07) is 3.16. The van der Waals surface area contributed by atoms with Crippen LogP contribution in [0.15, 0.2) is 18.2 Å². The van der Waals surface area contributed by atoms with Crippen LogP contribution in [0.25, 0.3) is 0 Å². The molecule has 92 valence electrons. The van der Waals surface area contributed by atoms with Gasteiger partial charge in [-0.1, -0.05) is 6.07 Å². The van der Waals surface area contributed by atoms with Gasteiger partial charge in [0.1, 0.15) is 5.78 Å². The van der Waals surface area contributed by atoms with E-state index in [2.05, 4.69) is 0 Å². The Hall–Kier alpha value is -1.33. The van der Waals surface area contributed by atoms with Crippen molar-refractivity contribution >= 4 is 5.78 Å². The van der Waals surface area contributed by atoms with Crippen molar-refractivity contribution in [2.75, 3.05) is 13.2 Å². The van der Waals surface area contributed by atoms with E-state index in [4.69, 9.17) is 10.5 Å². The molecule has 1 fully saturated rings. The molecule has 0 amide bonds. The third-order valence-corrected chi connectivity index (χ3v) is 2.90. The minimum Gasteiger partial charge on any atom is -0.379 e. The van der Waals surface area contributed by atoms with Crippen LogP contribution in [0.3, 0.4) is 0 Å². The van der Waals surface area contributed by atoms with E-state index in [1.807, 2.05) is 0 Å². The van der Waals surface area contributed by atoms with E-state index in [0.29, 0.717) is 18.8 Å². The second-order valence-electron chi connectivity index (χ2n) is 4.20. The molecule has 0 saturated carbocycles. The SMILES string of the molecule is NC1COCC1C(=O)Cc1ccc(F)c(F)c1. The standard InChI is InChI=1S/C12H13F2NO2/c13-9-2-1-7(3-10(9)14)4-12(16)8-5-17-6-11(8)15/h1-3,8,11H,4-6,15H2. The van der Waals surface area contributed by atoms with Gasteiger partial charge < -0.3 is 10.5 Å². The van der Waals surface area contributed by atoms with Crippen LogP contribution in [0.4, 0.5) is 8.78 Å². The molecule has 0 bridgehead atoms. The van der Waals surface area contributed by atoms with Crippen molar-refractivity contribution in [3.63, 3.8) is 0 Å². The third-order valence-electron chi connectivity index (χ3n) is 2.90. The molecule has 17 heavy (non-hydrogen) atoms. The summed E-state index contributed by atoms with van der Waals surface area (Å²) in [6.07, 6.45) is 0.0545. The van der Waals surface area contributed by atoms with Crippen LogP contribution >= 0.6 is 0 Å². The van der Waals surface area contributed by atoms with Crippen LogP contribution in [0, 0.1) is 17.6 Å². The lowest BCUT2D eigenvalue weighted by atomic mass is 9.94. The summed E-state index contributed by atoms with van der Waals surface area (Å²) in [5.74, 6) is -2.30. The number of Topliss-reactive ketones (excluding diaryl/α,β-unsaturated/α-hetero) is 1. The fraction of sp³-hybridized carbons (Fsp3) is 0.417. The molecule has 0 aliphatic carbocycles. The highest BCUT2D eigenvalue weighted by Crippen LogP contribution is 2.16. The van der Waals surface area contributed by atoms with Gasteiger partial charge in [-0.25, -0.2) is 8.78 Å². The summed E-state index contributed by atoms with van der Waals surface area (Å²) >= 11 is 0. The summed E-state index contributed by atoms with van der Waals surface area (Å²) in [5.41, 5.74) is 6.16. The fourth-order valence-electron chi connectivity index (χ4n) is 1.88. The molecule has 1 saturated heterocycles. The molecule has 2 N–H and O–H groups in total. The van der Waals surface area contributed by atoms with Gasteiger partial charge in [0, 0.05) is 12.5 Å². The van der Waals surface area contributed by atoms with E-state index in [0.717, 1.165) is 12.1 Å². The van der Waals surface area contributed by atoms with Crippen LogP contribution in [0.5, 0.6) is 0 Å². The largest absolute Gasteiger partial charge is 0.379 e. The molecule has 1 aromatic rings. The zero-order chi connectivity index (χ0) is 12.4. The number of ketones is 1. The van der Waals surface area contributed by atoms with Crippen molar-refractivity contribution < 1.29 is 18.3 Å². The first-order valence-corrected chi connectivity index (χ1v) is 5.38. The molecule has 2 unspecified atom stereocenters. The van der Waals surface area contributed by atoms with Crippen LogP contribution in [0.1, 0.15) is 5.56 Å². The Morgan fingerprint density at radius 1 is 1.35 bits per heavy atom. The Bertz CT molecular complexity index is 437. The van der Waals surface area contributed by atoms with E-state index >= 15 is 0 Å². The first-order chi connectivity index (χ1) is 8.08. The van der Waals surface area contributed by atoms with Crippen LogP contribution in [-0.2, 0) is 16.0 Å². The molecule has 1 heterocycles. The molecule has 2 rings (SSSR count). The molecular formula is C12H13F2NO2. The quantitative estimate of drug-likeness (QED) is 0.860. The second kappa shape index (κ2) is 4.89. The minimum atomic E-state index is -0.942. The van der Waals surface area contributed by atoms with Gasteiger partial charge >= 0.3 is 0 Å². The van der Waals surface area contributed by atoms with Crippen molar-refractivity contribution in [2.24, 2.45) is 11.7 Å². The highest BCUT2D eigenvalue weighted by atomic mass is 19.2. The van der Waals surface area contributed by atoms with Crippen LogP contribution in [0.2, 0.25) is 0 Å². The topological polar surface area (TPSA) is 52.3 Å². The molecule has 2 atom stereocenters. The highest BCUT2D eigenvalue weighted by Gasteiger charge is 2.30. The minimum absolute atomic E-state index is 0.0545. The summed E-state index contributed by atoms with van der Waals surface area (Å²) < 4.78 is 30.7. The lowest BCUT2D eigenvalue weighted by Gasteiger charge is -2.11. The lowest BCUT2D eigenvalue weighted by molar-refractivity contribution is -0.122. The number of ether oxygens (including phenoxy) is 1. The summed E-state index contributed by atoms with van der Waals surface area (Å²) in [7, 11) is 0. The smallest absolute Gasteiger partial charge is 0.159 e. The number of carbonyl (C=O) groups is 1. The van der Waals surface area contributed by atoms with Crippen molar-refractivity contribution in [1.29, 1.82) is 0 Å². The van der Waals surface area contributed by atoms with Gasteiger partial charge in [-0.05, 0) is 17.7 Å². The second-order valence-corrected chi connectivity index (χ2v) is 4.20. The maximum atomic E-state index is 12.9. The zero-order valence-electron chi connectivity index (χ0n) is 9.16. The van der Waals surface area contributed by atoms with Gasteiger partial charge in [0.15, 0.2) is 11.6 Å². The van der Waals surface area contributed by atoms with E-state index in [-0.39, 0.29) is 24.2 Å². The first kappa shape index (κ1) is 12.1. The van der Waals surface area contributed by atoms with E-state index in [1.165, 1.54) is 6.07 Å². The molecule has 5 heteroatoms. The van der Waals surface area contributed by atoms with Gasteiger partial charge in [0.05, 0.1) is 19.1 Å². The fourth-order valence-corrected chi connectivity index (χ4v) is 1.88. The maximum Gasteiger partial charge on any atom is 0.159 e.